The van der Waals surface area contributed by atoms with Gasteiger partial charge in [0.1, 0.15) is 0 Å². The highest BCUT2D eigenvalue weighted by molar-refractivity contribution is 5.24. The predicted molar refractivity (Wildman–Crippen MR) is 67.6 cm³/mol. The van der Waals surface area contributed by atoms with Crippen molar-refractivity contribution in [3.05, 3.63) is 81.9 Å². The summed E-state index contributed by atoms with van der Waals surface area (Å²) in [7, 11) is 0. The second kappa shape index (κ2) is 5.42. The maximum Gasteiger partial charge on any atom is 0.267 e. The van der Waals surface area contributed by atoms with Gasteiger partial charge < -0.3 is 5.11 Å². The maximum absolute atomic E-state index is 11.2. The minimum absolute atomic E-state index is 0.451. The number of aliphatic hydroxyl groups is 1. The van der Waals surface area contributed by atoms with Crippen LogP contribution in [-0.2, 0) is 0 Å². The number of benzene rings is 2. The van der Waals surface area contributed by atoms with Gasteiger partial charge in [-0.2, -0.15) is 0 Å². The Balaban J connectivity index is 2.35. The molecular formula is C14H13NO3. The number of hydrogen-bond acceptors (Lipinski definition) is 3. The van der Waals surface area contributed by atoms with Gasteiger partial charge in [0.25, 0.3) is 6.04 Å². The van der Waals surface area contributed by atoms with Gasteiger partial charge >= 0.3 is 0 Å². The Morgan fingerprint density at radius 1 is 0.889 bits per heavy atom. The number of nitro groups is 1. The summed E-state index contributed by atoms with van der Waals surface area (Å²) in [6, 6.07) is 16.1. The highest BCUT2D eigenvalue weighted by Crippen LogP contribution is 2.30. The first-order valence-electron chi connectivity index (χ1n) is 5.61. The summed E-state index contributed by atoms with van der Waals surface area (Å²) in [5.41, 5.74) is 1.04. The predicted octanol–water partition coefficient (Wildman–Crippen LogP) is 2.74. The van der Waals surface area contributed by atoms with Crippen LogP contribution >= 0.6 is 0 Å². The van der Waals surface area contributed by atoms with Gasteiger partial charge in [-0.1, -0.05) is 60.7 Å². The molecule has 1 N–H and O–H groups in total. The molecule has 0 fully saturated rings. The van der Waals surface area contributed by atoms with Gasteiger partial charge in [-0.15, -0.1) is 0 Å². The summed E-state index contributed by atoms with van der Waals surface area (Å²) < 4.78 is 0. The van der Waals surface area contributed by atoms with E-state index in [4.69, 9.17) is 0 Å². The van der Waals surface area contributed by atoms with Crippen LogP contribution in [0.4, 0.5) is 0 Å². The molecule has 0 aliphatic heterocycles. The van der Waals surface area contributed by atoms with Crippen molar-refractivity contribution < 1.29 is 10.0 Å². The van der Waals surface area contributed by atoms with E-state index >= 15 is 0 Å². The van der Waals surface area contributed by atoms with Gasteiger partial charge in [-0.05, 0) is 5.56 Å². The zero-order valence-corrected chi connectivity index (χ0v) is 9.64. The van der Waals surface area contributed by atoms with Crippen molar-refractivity contribution in [2.24, 2.45) is 0 Å². The van der Waals surface area contributed by atoms with E-state index in [9.17, 15) is 15.2 Å². The Bertz CT molecular complexity index is 513. The summed E-state index contributed by atoms with van der Waals surface area (Å²) in [6.45, 7) is 0. The van der Waals surface area contributed by atoms with Crippen LogP contribution < -0.4 is 0 Å². The first-order valence-corrected chi connectivity index (χ1v) is 5.61. The minimum Gasteiger partial charge on any atom is -0.381 e. The van der Waals surface area contributed by atoms with Gasteiger partial charge in [-0.25, -0.2) is 0 Å². The first kappa shape index (κ1) is 12.3. The molecule has 0 radical (unpaired) electrons. The molecule has 0 unspecified atom stereocenters. The molecule has 2 atom stereocenters. The summed E-state index contributed by atoms with van der Waals surface area (Å²) in [4.78, 5) is 10.7. The van der Waals surface area contributed by atoms with E-state index in [2.05, 4.69) is 0 Å². The van der Waals surface area contributed by atoms with E-state index in [1.54, 1.807) is 60.7 Å². The van der Waals surface area contributed by atoms with Crippen LogP contribution in [0.1, 0.15) is 23.3 Å². The molecule has 0 spiro atoms. The maximum atomic E-state index is 11.2. The van der Waals surface area contributed by atoms with Gasteiger partial charge in [0.2, 0.25) is 0 Å². The molecule has 92 valence electrons. The fraction of sp³-hybridized carbons (Fsp3) is 0.143. The third-order valence-electron chi connectivity index (χ3n) is 2.81. The van der Waals surface area contributed by atoms with E-state index in [0.717, 1.165) is 0 Å². The third kappa shape index (κ3) is 2.55. The fourth-order valence-electron chi connectivity index (χ4n) is 1.90. The van der Waals surface area contributed by atoms with Crippen molar-refractivity contribution in [2.45, 2.75) is 12.1 Å². The van der Waals surface area contributed by atoms with E-state index < -0.39 is 17.1 Å². The van der Waals surface area contributed by atoms with Crippen LogP contribution in [0, 0.1) is 10.1 Å². The lowest BCUT2D eigenvalue weighted by atomic mass is 9.96. The number of hydrogen-bond donors (Lipinski definition) is 1. The van der Waals surface area contributed by atoms with Gasteiger partial charge in [-0.3, -0.25) is 10.1 Å². The number of rotatable bonds is 4. The molecular weight excluding hydrogens is 230 g/mol. The van der Waals surface area contributed by atoms with Crippen molar-refractivity contribution in [3.63, 3.8) is 0 Å². The molecule has 4 nitrogen and oxygen atoms in total. The number of aliphatic hydroxyl groups excluding tert-OH is 1. The summed E-state index contributed by atoms with van der Waals surface area (Å²) in [5, 5.41) is 21.3. The Labute approximate surface area is 105 Å². The molecule has 0 saturated carbocycles. The molecule has 0 heterocycles. The molecule has 2 aromatic rings. The van der Waals surface area contributed by atoms with Crippen LogP contribution in [0.2, 0.25) is 0 Å². The van der Waals surface area contributed by atoms with E-state index in [0.29, 0.717) is 11.1 Å². The van der Waals surface area contributed by atoms with Crippen molar-refractivity contribution >= 4 is 0 Å². The second-order valence-corrected chi connectivity index (χ2v) is 4.00. The smallest absolute Gasteiger partial charge is 0.267 e. The summed E-state index contributed by atoms with van der Waals surface area (Å²) >= 11 is 0. The quantitative estimate of drug-likeness (QED) is 0.663. The van der Waals surface area contributed by atoms with Crippen LogP contribution in [-0.4, -0.2) is 10.0 Å². The second-order valence-electron chi connectivity index (χ2n) is 4.00. The van der Waals surface area contributed by atoms with Crippen molar-refractivity contribution in [2.75, 3.05) is 0 Å². The van der Waals surface area contributed by atoms with Crippen molar-refractivity contribution in [1.82, 2.24) is 0 Å². The topological polar surface area (TPSA) is 63.4 Å². The summed E-state index contributed by atoms with van der Waals surface area (Å²) in [5.74, 6) is 0. The fourth-order valence-corrected chi connectivity index (χ4v) is 1.90. The average Bonchev–Trinajstić information content (AvgIpc) is 2.40. The average molecular weight is 243 g/mol. The third-order valence-corrected chi connectivity index (χ3v) is 2.81. The Hall–Kier alpha value is -2.20. The number of nitrogens with zero attached hydrogens (tertiary/aromatic N) is 1. The van der Waals surface area contributed by atoms with E-state index in [1.165, 1.54) is 0 Å². The van der Waals surface area contributed by atoms with Crippen LogP contribution in [0.15, 0.2) is 60.7 Å². The molecule has 0 aliphatic rings. The van der Waals surface area contributed by atoms with E-state index in [-0.39, 0.29) is 0 Å². The molecule has 2 rings (SSSR count). The van der Waals surface area contributed by atoms with Gasteiger partial charge in [0, 0.05) is 10.5 Å². The lowest BCUT2D eigenvalue weighted by molar-refractivity contribution is -0.542. The Morgan fingerprint density at radius 2 is 1.33 bits per heavy atom. The summed E-state index contributed by atoms with van der Waals surface area (Å²) in [6.07, 6.45) is -1.15. The van der Waals surface area contributed by atoms with Crippen molar-refractivity contribution in [1.29, 1.82) is 0 Å². The highest BCUT2D eigenvalue weighted by Gasteiger charge is 2.32. The van der Waals surface area contributed by atoms with Crippen molar-refractivity contribution in [3.8, 4) is 0 Å². The largest absolute Gasteiger partial charge is 0.381 e. The molecule has 18 heavy (non-hydrogen) atoms. The highest BCUT2D eigenvalue weighted by atomic mass is 16.6. The minimum atomic E-state index is -1.15. The molecule has 0 aromatic heterocycles. The van der Waals surface area contributed by atoms with E-state index in [1.807, 2.05) is 0 Å². The molecule has 0 saturated heterocycles. The van der Waals surface area contributed by atoms with Crippen LogP contribution in [0.3, 0.4) is 0 Å². The molecule has 2 aromatic carbocycles. The monoisotopic (exact) mass is 243 g/mol. The molecule has 0 aliphatic carbocycles. The first-order chi connectivity index (χ1) is 8.70. The zero-order chi connectivity index (χ0) is 13.0. The molecule has 0 amide bonds. The normalized spacial score (nSPS) is 13.8. The molecule has 4 heteroatoms. The standard InChI is InChI=1S/C14H13NO3/c16-14(12-9-5-2-6-10-12)13(15(17)18)11-7-3-1-4-8-11/h1-10,13-14,16H/t13-,14-/m1/s1. The SMILES string of the molecule is O=[N+]([O-])[C@H](c1ccccc1)[C@H](O)c1ccccc1. The van der Waals surface area contributed by atoms with Crippen LogP contribution in [0.25, 0.3) is 0 Å². The van der Waals surface area contributed by atoms with Crippen LogP contribution in [0.5, 0.6) is 0 Å². The Morgan fingerprint density at radius 3 is 1.78 bits per heavy atom. The van der Waals surface area contributed by atoms with Gasteiger partial charge in [0.05, 0.1) is 0 Å². The zero-order valence-electron chi connectivity index (χ0n) is 9.64. The lowest BCUT2D eigenvalue weighted by Crippen LogP contribution is -2.19. The lowest BCUT2D eigenvalue weighted by Gasteiger charge is -2.16. The van der Waals surface area contributed by atoms with Gasteiger partial charge in [0.15, 0.2) is 6.10 Å². The molecule has 0 bridgehead atoms. The Kier molecular flexibility index (Phi) is 3.69.